The molecule has 0 unspecified atom stereocenters. The number of halogens is 3. The van der Waals surface area contributed by atoms with E-state index in [0.29, 0.717) is 0 Å². The van der Waals surface area contributed by atoms with Gasteiger partial charge in [0.2, 0.25) is 11.2 Å². The maximum absolute atomic E-state index is 13.6. The minimum absolute atomic E-state index is 0.0244. The molecule has 0 radical (unpaired) electrons. The first-order valence-corrected chi connectivity index (χ1v) is 8.73. The third-order valence-electron chi connectivity index (χ3n) is 4.02. The first kappa shape index (κ1) is 20.4. The van der Waals surface area contributed by atoms with Crippen molar-refractivity contribution in [3.63, 3.8) is 0 Å². The molecule has 1 heterocycles. The van der Waals surface area contributed by atoms with Gasteiger partial charge in [-0.1, -0.05) is 13.0 Å². The van der Waals surface area contributed by atoms with E-state index >= 15 is 0 Å². The van der Waals surface area contributed by atoms with Gasteiger partial charge in [-0.05, 0) is 49.2 Å². The summed E-state index contributed by atoms with van der Waals surface area (Å²) in [5.41, 5.74) is 0.185. The predicted molar refractivity (Wildman–Crippen MR) is 99.4 cm³/mol. The number of alkyl halides is 3. The Bertz CT molecular complexity index is 1130. The average molecular weight is 406 g/mol. The molecule has 0 aliphatic carbocycles. The molecule has 1 aromatic heterocycles. The van der Waals surface area contributed by atoms with E-state index in [1.54, 1.807) is 20.8 Å². The first-order valence-electron chi connectivity index (χ1n) is 8.73. The van der Waals surface area contributed by atoms with E-state index in [4.69, 9.17) is 13.9 Å². The summed E-state index contributed by atoms with van der Waals surface area (Å²) in [6.07, 6.45) is -4.89. The van der Waals surface area contributed by atoms with E-state index in [9.17, 15) is 22.8 Å². The van der Waals surface area contributed by atoms with Crippen LogP contribution in [0.25, 0.3) is 11.0 Å². The number of hydrogen-bond acceptors (Lipinski definition) is 5. The third-order valence-corrected chi connectivity index (χ3v) is 4.02. The molecule has 3 rings (SSSR count). The van der Waals surface area contributed by atoms with E-state index in [-0.39, 0.29) is 28.9 Å². The van der Waals surface area contributed by atoms with Crippen LogP contribution in [0.3, 0.4) is 0 Å². The highest BCUT2D eigenvalue weighted by atomic mass is 19.4. The summed E-state index contributed by atoms with van der Waals surface area (Å²) >= 11 is 0. The Morgan fingerprint density at radius 2 is 1.69 bits per heavy atom. The predicted octanol–water partition coefficient (Wildman–Crippen LogP) is 5.54. The Labute approximate surface area is 163 Å². The molecule has 0 bridgehead atoms. The van der Waals surface area contributed by atoms with Gasteiger partial charge in [0.05, 0.1) is 5.39 Å². The van der Waals surface area contributed by atoms with Crippen LogP contribution in [0.1, 0.15) is 30.2 Å². The highest BCUT2D eigenvalue weighted by Gasteiger charge is 2.40. The van der Waals surface area contributed by atoms with Gasteiger partial charge < -0.3 is 13.9 Å². The number of aryl methyl sites for hydroxylation is 2. The second-order valence-corrected chi connectivity index (χ2v) is 6.50. The normalized spacial score (nSPS) is 11.5. The van der Waals surface area contributed by atoms with Crippen molar-refractivity contribution in [3.05, 3.63) is 63.5 Å². The summed E-state index contributed by atoms with van der Waals surface area (Å²) < 4.78 is 56.1. The highest BCUT2D eigenvalue weighted by Crippen LogP contribution is 2.38. The van der Waals surface area contributed by atoms with Gasteiger partial charge in [-0.3, -0.25) is 9.59 Å². The fourth-order valence-electron chi connectivity index (χ4n) is 2.81. The van der Waals surface area contributed by atoms with Crippen LogP contribution in [0.2, 0.25) is 0 Å². The molecule has 0 aliphatic rings. The lowest BCUT2D eigenvalue weighted by molar-refractivity contribution is -0.154. The Hall–Kier alpha value is -3.29. The van der Waals surface area contributed by atoms with Crippen molar-refractivity contribution in [1.82, 2.24) is 0 Å². The Morgan fingerprint density at radius 3 is 2.28 bits per heavy atom. The van der Waals surface area contributed by atoms with E-state index in [0.717, 1.165) is 17.2 Å². The summed E-state index contributed by atoms with van der Waals surface area (Å²) in [6.45, 7) is 5.08. The lowest BCUT2D eigenvalue weighted by Gasteiger charge is -2.14. The molecule has 152 valence electrons. The SMILES string of the molecule is CCC(=O)Oc1ccc2c(=O)c(Oc3cc(C)cc(C)c3)c(C(F)(F)F)oc2c1. The number of rotatable bonds is 4. The molecular weight excluding hydrogens is 389 g/mol. The fraction of sp³-hybridized carbons (Fsp3) is 0.238. The van der Waals surface area contributed by atoms with Crippen LogP contribution in [-0.4, -0.2) is 5.97 Å². The Balaban J connectivity index is 2.18. The van der Waals surface area contributed by atoms with Crippen LogP contribution < -0.4 is 14.9 Å². The molecule has 0 saturated heterocycles. The topological polar surface area (TPSA) is 65.7 Å². The van der Waals surface area contributed by atoms with Crippen LogP contribution >= 0.6 is 0 Å². The maximum Gasteiger partial charge on any atom is 0.453 e. The molecule has 0 N–H and O–H groups in total. The summed E-state index contributed by atoms with van der Waals surface area (Å²) in [5, 5.41) is -0.131. The number of esters is 1. The van der Waals surface area contributed by atoms with Crippen molar-refractivity contribution in [2.45, 2.75) is 33.4 Å². The molecule has 0 fully saturated rings. The molecule has 0 spiro atoms. The van der Waals surface area contributed by atoms with Gasteiger partial charge in [0.25, 0.3) is 5.76 Å². The van der Waals surface area contributed by atoms with E-state index in [1.807, 2.05) is 6.07 Å². The van der Waals surface area contributed by atoms with Gasteiger partial charge >= 0.3 is 12.1 Å². The molecule has 0 aliphatic heterocycles. The van der Waals surface area contributed by atoms with Crippen molar-refractivity contribution in [2.75, 3.05) is 0 Å². The monoisotopic (exact) mass is 406 g/mol. The third kappa shape index (κ3) is 4.42. The summed E-state index contributed by atoms with van der Waals surface area (Å²) in [4.78, 5) is 24.2. The van der Waals surface area contributed by atoms with Gasteiger partial charge in [0.15, 0.2) is 0 Å². The maximum atomic E-state index is 13.6. The average Bonchev–Trinajstić information content (AvgIpc) is 2.62. The van der Waals surface area contributed by atoms with Gasteiger partial charge in [-0.15, -0.1) is 0 Å². The minimum atomic E-state index is -4.97. The second kappa shape index (κ2) is 7.62. The standard InChI is InChI=1S/C21H17F3O5/c1-4-17(25)27-13-5-6-15-16(10-13)29-20(21(22,23)24)19(18(15)26)28-14-8-11(2)7-12(3)9-14/h5-10H,4H2,1-3H3. The van der Waals surface area contributed by atoms with E-state index in [1.165, 1.54) is 24.3 Å². The summed E-state index contributed by atoms with van der Waals surface area (Å²) in [5.74, 6) is -3.02. The zero-order valence-electron chi connectivity index (χ0n) is 15.8. The number of ether oxygens (including phenoxy) is 2. The molecule has 0 saturated carbocycles. The van der Waals surface area contributed by atoms with E-state index < -0.39 is 29.1 Å². The van der Waals surface area contributed by atoms with Gasteiger partial charge in [0.1, 0.15) is 17.1 Å². The zero-order chi connectivity index (χ0) is 21.3. The van der Waals surface area contributed by atoms with Crippen LogP contribution in [0, 0.1) is 13.8 Å². The molecular formula is C21H17F3O5. The molecule has 5 nitrogen and oxygen atoms in total. The molecule has 2 aromatic carbocycles. The van der Waals surface area contributed by atoms with Crippen LogP contribution in [0.15, 0.2) is 45.6 Å². The second-order valence-electron chi connectivity index (χ2n) is 6.50. The zero-order valence-corrected chi connectivity index (χ0v) is 15.8. The Morgan fingerprint density at radius 1 is 1.03 bits per heavy atom. The van der Waals surface area contributed by atoms with Crippen molar-refractivity contribution in [3.8, 4) is 17.2 Å². The van der Waals surface area contributed by atoms with Gasteiger partial charge in [-0.2, -0.15) is 13.2 Å². The van der Waals surface area contributed by atoms with Crippen molar-refractivity contribution >= 4 is 16.9 Å². The van der Waals surface area contributed by atoms with Crippen LogP contribution in [-0.2, 0) is 11.0 Å². The van der Waals surface area contributed by atoms with Crippen molar-refractivity contribution in [1.29, 1.82) is 0 Å². The van der Waals surface area contributed by atoms with Crippen molar-refractivity contribution < 1.29 is 31.9 Å². The molecule has 3 aromatic rings. The number of hydrogen-bond donors (Lipinski definition) is 0. The number of fused-ring (bicyclic) bond motifs is 1. The number of benzene rings is 2. The number of carbonyl (C=O) groups excluding carboxylic acids is 1. The Kier molecular flexibility index (Phi) is 5.37. The molecule has 0 atom stereocenters. The van der Waals surface area contributed by atoms with Crippen LogP contribution in [0.5, 0.6) is 17.2 Å². The van der Waals surface area contributed by atoms with Gasteiger partial charge in [0, 0.05) is 12.5 Å². The quantitative estimate of drug-likeness (QED) is 0.421. The van der Waals surface area contributed by atoms with Crippen molar-refractivity contribution in [2.24, 2.45) is 0 Å². The lowest BCUT2D eigenvalue weighted by Crippen LogP contribution is -2.15. The largest absolute Gasteiger partial charge is 0.453 e. The fourth-order valence-corrected chi connectivity index (χ4v) is 2.81. The highest BCUT2D eigenvalue weighted by molar-refractivity contribution is 5.81. The van der Waals surface area contributed by atoms with Gasteiger partial charge in [-0.25, -0.2) is 0 Å². The molecule has 8 heteroatoms. The minimum Gasteiger partial charge on any atom is -0.449 e. The first-order chi connectivity index (χ1) is 13.6. The molecule has 29 heavy (non-hydrogen) atoms. The smallest absolute Gasteiger partial charge is 0.449 e. The summed E-state index contributed by atoms with van der Waals surface area (Å²) in [7, 11) is 0. The molecule has 0 amide bonds. The number of carbonyl (C=O) groups is 1. The summed E-state index contributed by atoms with van der Waals surface area (Å²) in [6, 6.07) is 8.46. The lowest BCUT2D eigenvalue weighted by atomic mass is 10.1. The van der Waals surface area contributed by atoms with E-state index in [2.05, 4.69) is 0 Å². The van der Waals surface area contributed by atoms with Crippen LogP contribution in [0.4, 0.5) is 13.2 Å².